The van der Waals surface area contributed by atoms with Gasteiger partial charge in [0, 0.05) is 13.6 Å². The zero-order valence-electron chi connectivity index (χ0n) is 6.08. The average molecular weight is 133 g/mol. The summed E-state index contributed by atoms with van der Waals surface area (Å²) in [4.78, 5) is 0. The van der Waals surface area contributed by atoms with Crippen molar-refractivity contribution in [3.63, 3.8) is 0 Å². The quantitative estimate of drug-likeness (QED) is 0.549. The zero-order chi connectivity index (χ0) is 7.23. The van der Waals surface area contributed by atoms with Crippen LogP contribution in [0.25, 0.3) is 0 Å². The van der Waals surface area contributed by atoms with Crippen molar-refractivity contribution in [2.24, 2.45) is 0 Å². The fraction of sp³-hybridized carbons (Fsp3) is 0.250. The van der Waals surface area contributed by atoms with E-state index in [-0.39, 0.29) is 0 Å². The maximum atomic E-state index is 4.89. The summed E-state index contributed by atoms with van der Waals surface area (Å²) in [7, 11) is 3.74. The lowest BCUT2D eigenvalue weighted by atomic mass is 9.72. The summed E-state index contributed by atoms with van der Waals surface area (Å²) in [6.07, 6.45) is 0. The predicted octanol–water partition coefficient (Wildman–Crippen LogP) is 0.620. The van der Waals surface area contributed by atoms with Crippen LogP contribution in [0.5, 0.6) is 0 Å². The second-order valence-corrected chi connectivity index (χ2v) is 2.07. The molecule has 0 bridgehead atoms. The minimum Gasteiger partial charge on any atom is -0.393 e. The Labute approximate surface area is 62.3 Å². The van der Waals surface area contributed by atoms with Crippen LogP contribution in [-0.2, 0) is 4.74 Å². The van der Waals surface area contributed by atoms with E-state index < -0.39 is 0 Å². The number of rotatable bonds is 3. The van der Waals surface area contributed by atoms with Gasteiger partial charge in [0.1, 0.15) is 0 Å². The van der Waals surface area contributed by atoms with Crippen LogP contribution in [0.3, 0.4) is 0 Å². The molecule has 0 aliphatic heterocycles. The Balaban J connectivity index is 2.43. The standard InChI is InChI=1S/C8H10BO/c1-10-7-9-8-5-3-2-4-6-8/h2-6H,7H2,1H3. The summed E-state index contributed by atoms with van der Waals surface area (Å²) in [6, 6.07) is 10.1. The van der Waals surface area contributed by atoms with Crippen molar-refractivity contribution in [3.8, 4) is 0 Å². The van der Waals surface area contributed by atoms with Crippen molar-refractivity contribution in [2.75, 3.05) is 13.6 Å². The van der Waals surface area contributed by atoms with E-state index in [1.807, 2.05) is 25.5 Å². The molecule has 1 aromatic rings. The molecule has 51 valence electrons. The summed E-state index contributed by atoms with van der Waals surface area (Å²) in [5, 5.41) is 0. The van der Waals surface area contributed by atoms with Crippen LogP contribution in [0.2, 0.25) is 0 Å². The van der Waals surface area contributed by atoms with Crippen molar-refractivity contribution in [2.45, 2.75) is 0 Å². The predicted molar refractivity (Wildman–Crippen MR) is 43.7 cm³/mol. The lowest BCUT2D eigenvalue weighted by molar-refractivity contribution is 0.252. The Morgan fingerprint density at radius 2 is 2.00 bits per heavy atom. The summed E-state index contributed by atoms with van der Waals surface area (Å²) in [5.41, 5.74) is 1.21. The van der Waals surface area contributed by atoms with Gasteiger partial charge in [0.25, 0.3) is 0 Å². The van der Waals surface area contributed by atoms with Gasteiger partial charge in [0.15, 0.2) is 7.28 Å². The summed E-state index contributed by atoms with van der Waals surface area (Å²) in [5.74, 6) is 0. The molecule has 0 unspecified atom stereocenters. The highest BCUT2D eigenvalue weighted by atomic mass is 16.5. The van der Waals surface area contributed by atoms with E-state index in [2.05, 4.69) is 12.1 Å². The molecule has 0 saturated heterocycles. The molecule has 0 N–H and O–H groups in total. The molecule has 0 saturated carbocycles. The largest absolute Gasteiger partial charge is 0.393 e. The molecule has 0 spiro atoms. The average Bonchev–Trinajstić information content (AvgIpc) is 2.03. The van der Waals surface area contributed by atoms with Crippen LogP contribution in [0.15, 0.2) is 30.3 Å². The third kappa shape index (κ3) is 2.23. The maximum absolute atomic E-state index is 4.89. The molecular weight excluding hydrogens is 123 g/mol. The van der Waals surface area contributed by atoms with E-state index >= 15 is 0 Å². The van der Waals surface area contributed by atoms with E-state index in [0.29, 0.717) is 6.51 Å². The second kappa shape index (κ2) is 4.12. The Bertz CT molecular complexity index is 174. The van der Waals surface area contributed by atoms with Crippen molar-refractivity contribution >= 4 is 12.7 Å². The number of methoxy groups -OCH3 is 1. The van der Waals surface area contributed by atoms with Gasteiger partial charge in [-0.25, -0.2) is 0 Å². The van der Waals surface area contributed by atoms with E-state index in [0.717, 1.165) is 0 Å². The van der Waals surface area contributed by atoms with Gasteiger partial charge in [-0.15, -0.1) is 0 Å². The Morgan fingerprint density at radius 1 is 1.30 bits per heavy atom. The molecule has 0 atom stereocenters. The van der Waals surface area contributed by atoms with Gasteiger partial charge in [0.2, 0.25) is 0 Å². The van der Waals surface area contributed by atoms with Crippen LogP contribution in [-0.4, -0.2) is 20.9 Å². The van der Waals surface area contributed by atoms with Gasteiger partial charge in [0.05, 0.1) is 0 Å². The van der Waals surface area contributed by atoms with Gasteiger partial charge >= 0.3 is 0 Å². The molecule has 0 fully saturated rings. The third-order valence-corrected chi connectivity index (χ3v) is 1.29. The van der Waals surface area contributed by atoms with Gasteiger partial charge < -0.3 is 4.74 Å². The van der Waals surface area contributed by atoms with Crippen LogP contribution < -0.4 is 5.46 Å². The fourth-order valence-electron chi connectivity index (χ4n) is 0.769. The molecule has 10 heavy (non-hydrogen) atoms. The number of hydrogen-bond acceptors (Lipinski definition) is 1. The molecule has 0 aromatic heterocycles. The first-order valence-electron chi connectivity index (χ1n) is 3.30. The first-order chi connectivity index (χ1) is 4.93. The minimum atomic E-state index is 0.685. The Kier molecular flexibility index (Phi) is 3.03. The van der Waals surface area contributed by atoms with Crippen LogP contribution in [0, 0.1) is 0 Å². The molecule has 0 heterocycles. The van der Waals surface area contributed by atoms with Crippen LogP contribution in [0.1, 0.15) is 0 Å². The molecule has 1 nitrogen and oxygen atoms in total. The molecule has 0 amide bonds. The van der Waals surface area contributed by atoms with Crippen molar-refractivity contribution in [1.82, 2.24) is 0 Å². The lowest BCUT2D eigenvalue weighted by Crippen LogP contribution is -2.17. The summed E-state index contributed by atoms with van der Waals surface area (Å²) in [6.45, 7) is 0.685. The van der Waals surface area contributed by atoms with Gasteiger partial charge in [-0.3, -0.25) is 0 Å². The summed E-state index contributed by atoms with van der Waals surface area (Å²) >= 11 is 0. The van der Waals surface area contributed by atoms with Gasteiger partial charge in [-0.2, -0.15) is 0 Å². The molecule has 1 rings (SSSR count). The molecule has 1 aromatic carbocycles. The smallest absolute Gasteiger partial charge is 0.185 e. The van der Waals surface area contributed by atoms with Crippen LogP contribution in [0.4, 0.5) is 0 Å². The van der Waals surface area contributed by atoms with E-state index in [4.69, 9.17) is 4.74 Å². The molecule has 0 aliphatic carbocycles. The first-order valence-corrected chi connectivity index (χ1v) is 3.30. The molecule has 0 aliphatic rings. The Morgan fingerprint density at radius 3 is 2.60 bits per heavy atom. The van der Waals surface area contributed by atoms with Crippen molar-refractivity contribution in [1.29, 1.82) is 0 Å². The third-order valence-electron chi connectivity index (χ3n) is 1.29. The van der Waals surface area contributed by atoms with Crippen LogP contribution >= 0.6 is 0 Å². The number of benzene rings is 1. The molecule has 2 heteroatoms. The van der Waals surface area contributed by atoms with Gasteiger partial charge in [-0.1, -0.05) is 35.8 Å². The minimum absolute atomic E-state index is 0.685. The van der Waals surface area contributed by atoms with E-state index in [9.17, 15) is 0 Å². The molecule has 1 radical (unpaired) electrons. The van der Waals surface area contributed by atoms with E-state index in [1.54, 1.807) is 7.11 Å². The first kappa shape index (κ1) is 7.35. The molecular formula is C8H10BO. The van der Waals surface area contributed by atoms with Gasteiger partial charge in [-0.05, 0) is 0 Å². The highest BCUT2D eigenvalue weighted by Crippen LogP contribution is 1.80. The number of hydrogen-bond donors (Lipinski definition) is 0. The van der Waals surface area contributed by atoms with E-state index in [1.165, 1.54) is 5.46 Å². The number of ether oxygens (including phenoxy) is 1. The zero-order valence-corrected chi connectivity index (χ0v) is 6.08. The monoisotopic (exact) mass is 133 g/mol. The normalized spacial score (nSPS) is 9.30. The topological polar surface area (TPSA) is 9.23 Å². The Hall–Kier alpha value is -0.755. The highest BCUT2D eigenvalue weighted by Gasteiger charge is 1.90. The highest BCUT2D eigenvalue weighted by molar-refractivity contribution is 6.53. The maximum Gasteiger partial charge on any atom is 0.185 e. The fourth-order valence-corrected chi connectivity index (χ4v) is 0.769. The lowest BCUT2D eigenvalue weighted by Gasteiger charge is -1.95. The van der Waals surface area contributed by atoms with Crippen molar-refractivity contribution < 1.29 is 4.74 Å². The SMILES string of the molecule is COC[B]c1ccccc1. The summed E-state index contributed by atoms with van der Waals surface area (Å²) < 4.78 is 4.89. The van der Waals surface area contributed by atoms with Crippen molar-refractivity contribution in [3.05, 3.63) is 30.3 Å². The second-order valence-electron chi connectivity index (χ2n) is 2.07.